The van der Waals surface area contributed by atoms with Crippen molar-refractivity contribution >= 4 is 28.5 Å². The Morgan fingerprint density at radius 1 is 1.17 bits per heavy atom. The average Bonchev–Trinajstić information content (AvgIpc) is 3.41. The lowest BCUT2D eigenvalue weighted by Crippen LogP contribution is -2.30. The number of amidine groups is 1. The summed E-state index contributed by atoms with van der Waals surface area (Å²) in [7, 11) is 1.44. The molecule has 6 nitrogen and oxygen atoms in total. The molecule has 0 amide bonds. The number of imidazole rings is 1. The van der Waals surface area contributed by atoms with Gasteiger partial charge in [0.25, 0.3) is 0 Å². The molecule has 1 aromatic heterocycles. The number of alkyl halides is 3. The van der Waals surface area contributed by atoms with Crippen LogP contribution in [0.1, 0.15) is 23.4 Å². The van der Waals surface area contributed by atoms with Gasteiger partial charge in [0.05, 0.1) is 23.7 Å². The third-order valence-corrected chi connectivity index (χ3v) is 6.14. The monoisotopic (exact) mass is 506 g/mol. The second-order valence-electron chi connectivity index (χ2n) is 8.18. The molecule has 2 aromatic carbocycles. The summed E-state index contributed by atoms with van der Waals surface area (Å²) in [6.45, 7) is -0.119. The van der Waals surface area contributed by atoms with Gasteiger partial charge in [0, 0.05) is 29.4 Å². The molecule has 5 rings (SSSR count). The van der Waals surface area contributed by atoms with E-state index < -0.39 is 17.6 Å². The number of benzene rings is 2. The van der Waals surface area contributed by atoms with E-state index in [0.717, 1.165) is 23.5 Å². The first-order valence-corrected chi connectivity index (χ1v) is 11.0. The van der Waals surface area contributed by atoms with Crippen LogP contribution in [-0.2, 0) is 19.2 Å². The summed E-state index contributed by atoms with van der Waals surface area (Å²) < 4.78 is 64.9. The Hall–Kier alpha value is -3.53. The predicted octanol–water partition coefficient (Wildman–Crippen LogP) is 5.84. The number of nitrogens with zero attached hydrogens (tertiary/aromatic N) is 2. The third kappa shape index (κ3) is 4.70. The van der Waals surface area contributed by atoms with Crippen molar-refractivity contribution in [2.45, 2.75) is 25.6 Å². The van der Waals surface area contributed by atoms with E-state index in [0.29, 0.717) is 40.5 Å². The Morgan fingerprint density at radius 2 is 2.00 bits per heavy atom. The van der Waals surface area contributed by atoms with Crippen molar-refractivity contribution in [2.24, 2.45) is 10.9 Å². The first kappa shape index (κ1) is 23.2. The number of hydrogen-bond acceptors (Lipinski definition) is 5. The van der Waals surface area contributed by atoms with Crippen LogP contribution in [0.2, 0.25) is 0 Å². The lowest BCUT2D eigenvalue weighted by Gasteiger charge is -2.22. The lowest BCUT2D eigenvalue weighted by atomic mass is 9.90. The molecular weight excluding hydrogens is 488 g/mol. The summed E-state index contributed by atoms with van der Waals surface area (Å²) >= 11 is 6.14. The van der Waals surface area contributed by atoms with E-state index in [1.807, 2.05) is 0 Å². The molecule has 11 heteroatoms. The molecule has 182 valence electrons. The normalized spacial score (nSPS) is 17.4. The number of H-pyrrole nitrogens is 1. The van der Waals surface area contributed by atoms with Gasteiger partial charge in [0.1, 0.15) is 24.1 Å². The van der Waals surface area contributed by atoms with Gasteiger partial charge in [-0.05, 0) is 48.2 Å². The first-order valence-electron chi connectivity index (χ1n) is 10.6. The van der Waals surface area contributed by atoms with Crippen LogP contribution in [0.3, 0.4) is 0 Å². The number of fused-ring (bicyclic) bond motifs is 2. The van der Waals surface area contributed by atoms with E-state index in [-0.39, 0.29) is 23.8 Å². The van der Waals surface area contributed by atoms with E-state index in [2.05, 4.69) is 20.3 Å². The van der Waals surface area contributed by atoms with Crippen LogP contribution in [-0.4, -0.2) is 22.9 Å². The Morgan fingerprint density at radius 3 is 2.77 bits per heavy atom. The molecule has 2 aliphatic heterocycles. The van der Waals surface area contributed by atoms with Crippen molar-refractivity contribution < 1.29 is 27.0 Å². The Balaban J connectivity index is 1.31. The summed E-state index contributed by atoms with van der Waals surface area (Å²) in [5.74, 6) is 1.02. The highest BCUT2D eigenvalue weighted by atomic mass is 35.5. The number of allylic oxidation sites excluding steroid dienone is 1. The number of halogens is 5. The van der Waals surface area contributed by atoms with Crippen molar-refractivity contribution in [3.05, 3.63) is 76.1 Å². The second-order valence-corrected chi connectivity index (χ2v) is 8.67. The predicted molar refractivity (Wildman–Crippen MR) is 123 cm³/mol. The van der Waals surface area contributed by atoms with Crippen molar-refractivity contribution in [3.8, 4) is 11.5 Å². The molecule has 1 atom stereocenters. The molecular formula is C24H19ClF4N4O2. The van der Waals surface area contributed by atoms with Gasteiger partial charge in [-0.2, -0.15) is 13.2 Å². The third-order valence-electron chi connectivity index (χ3n) is 5.87. The first-order chi connectivity index (χ1) is 16.7. The molecule has 2 N–H and O–H groups in total. The second kappa shape index (κ2) is 8.92. The number of aromatic nitrogens is 2. The maximum absolute atomic E-state index is 15.0. The molecule has 0 radical (unpaired) electrons. The SMILES string of the molecule is COc1cc(CC2=CN=C3NC=C(Cl)CC23)c(F)cc1OCc1nc2ccc(C(F)(F)F)cc2[nH]1. The van der Waals surface area contributed by atoms with Gasteiger partial charge >= 0.3 is 6.18 Å². The lowest BCUT2D eigenvalue weighted by molar-refractivity contribution is -0.137. The van der Waals surface area contributed by atoms with Crippen LogP contribution in [0.4, 0.5) is 17.6 Å². The Kier molecular flexibility index (Phi) is 5.92. The van der Waals surface area contributed by atoms with Gasteiger partial charge in [-0.3, -0.25) is 0 Å². The molecule has 0 bridgehead atoms. The van der Waals surface area contributed by atoms with E-state index in [4.69, 9.17) is 21.1 Å². The number of nitrogens with one attached hydrogen (secondary N) is 2. The quantitative estimate of drug-likeness (QED) is 0.412. The van der Waals surface area contributed by atoms with Crippen LogP contribution in [0.15, 0.2) is 58.3 Å². The maximum Gasteiger partial charge on any atom is 0.416 e. The summed E-state index contributed by atoms with van der Waals surface area (Å²) in [5, 5.41) is 3.72. The molecule has 0 spiro atoms. The fourth-order valence-corrected chi connectivity index (χ4v) is 4.32. The van der Waals surface area contributed by atoms with Gasteiger partial charge in [-0.15, -0.1) is 0 Å². The fraction of sp³-hybridized carbons (Fsp3) is 0.250. The number of rotatable bonds is 6. The van der Waals surface area contributed by atoms with Gasteiger partial charge in [-0.25, -0.2) is 14.4 Å². The summed E-state index contributed by atoms with van der Waals surface area (Å²) in [6.07, 6.45) is -0.126. The molecule has 2 aliphatic rings. The number of aliphatic imine (C=N–C) groups is 1. The minimum absolute atomic E-state index is 0.0280. The molecule has 35 heavy (non-hydrogen) atoms. The van der Waals surface area contributed by atoms with Crippen LogP contribution in [0.25, 0.3) is 11.0 Å². The average molecular weight is 507 g/mol. The molecule has 3 heterocycles. The summed E-state index contributed by atoms with van der Waals surface area (Å²) in [5.41, 5.74) is 1.15. The van der Waals surface area contributed by atoms with Crippen molar-refractivity contribution in [2.75, 3.05) is 7.11 Å². The molecule has 0 fully saturated rings. The van der Waals surface area contributed by atoms with E-state index >= 15 is 0 Å². The minimum Gasteiger partial charge on any atom is -0.493 e. The highest BCUT2D eigenvalue weighted by Gasteiger charge is 2.31. The highest BCUT2D eigenvalue weighted by Crippen LogP contribution is 2.36. The standard InChI is InChI=1S/C24H19ClF4N4O2/c1-34-20-5-12(4-13-9-30-23-16(13)7-15(25)10-31-23)17(26)8-21(20)35-11-22-32-18-3-2-14(24(27,28)29)6-19(18)33-22/h2-3,5-6,8-10,16H,4,7,11H2,1H3,(H,30,31)(H,32,33). The van der Waals surface area contributed by atoms with Crippen molar-refractivity contribution in [1.82, 2.24) is 15.3 Å². The smallest absolute Gasteiger partial charge is 0.416 e. The molecule has 1 unspecified atom stereocenters. The zero-order valence-electron chi connectivity index (χ0n) is 18.3. The van der Waals surface area contributed by atoms with E-state index in [9.17, 15) is 17.6 Å². The largest absolute Gasteiger partial charge is 0.493 e. The van der Waals surface area contributed by atoms with Crippen LogP contribution >= 0.6 is 11.6 Å². The highest BCUT2D eigenvalue weighted by molar-refractivity contribution is 6.30. The number of methoxy groups -OCH3 is 1. The molecule has 3 aromatic rings. The fourth-order valence-electron chi connectivity index (χ4n) is 4.11. The molecule has 0 saturated heterocycles. The summed E-state index contributed by atoms with van der Waals surface area (Å²) in [6, 6.07) is 6.02. The number of ether oxygens (including phenoxy) is 2. The van der Waals surface area contributed by atoms with E-state index in [1.165, 1.54) is 19.2 Å². The van der Waals surface area contributed by atoms with Gasteiger partial charge < -0.3 is 19.8 Å². The Bertz CT molecular complexity index is 1390. The van der Waals surface area contributed by atoms with Gasteiger partial charge in [0.15, 0.2) is 11.5 Å². The molecule has 0 saturated carbocycles. The summed E-state index contributed by atoms with van der Waals surface area (Å²) in [4.78, 5) is 11.4. The van der Waals surface area contributed by atoms with Crippen LogP contribution < -0.4 is 14.8 Å². The Labute approximate surface area is 202 Å². The van der Waals surface area contributed by atoms with Crippen LogP contribution in [0.5, 0.6) is 11.5 Å². The van der Waals surface area contributed by atoms with Gasteiger partial charge in [0.2, 0.25) is 0 Å². The maximum atomic E-state index is 15.0. The number of hydrogen-bond donors (Lipinski definition) is 2. The van der Waals surface area contributed by atoms with Crippen molar-refractivity contribution in [3.63, 3.8) is 0 Å². The van der Waals surface area contributed by atoms with Crippen LogP contribution in [0, 0.1) is 11.7 Å². The topological polar surface area (TPSA) is 71.5 Å². The van der Waals surface area contributed by atoms with Gasteiger partial charge in [-0.1, -0.05) is 11.6 Å². The zero-order valence-corrected chi connectivity index (χ0v) is 19.1. The minimum atomic E-state index is -4.46. The molecule has 0 aliphatic carbocycles. The van der Waals surface area contributed by atoms with E-state index in [1.54, 1.807) is 18.5 Å². The number of aromatic amines is 1. The van der Waals surface area contributed by atoms with Crippen molar-refractivity contribution in [1.29, 1.82) is 0 Å². The zero-order chi connectivity index (χ0) is 24.7.